The van der Waals surface area contributed by atoms with Crippen molar-refractivity contribution in [1.82, 2.24) is 0 Å². The van der Waals surface area contributed by atoms with Crippen LogP contribution in [0.2, 0.25) is 0 Å². The first-order valence-corrected chi connectivity index (χ1v) is 12.3. The van der Waals surface area contributed by atoms with E-state index in [0.29, 0.717) is 30.6 Å². The topological polar surface area (TPSA) is 83.8 Å². The minimum Gasteiger partial charge on any atom is -0.460 e. The lowest BCUT2D eigenvalue weighted by atomic mass is 9.58. The van der Waals surface area contributed by atoms with Gasteiger partial charge in [0.05, 0.1) is 6.10 Å². The molecule has 0 amide bonds. The third kappa shape index (κ3) is 4.26. The molecule has 0 spiro atoms. The molecular weight excluding hydrogens is 404 g/mol. The summed E-state index contributed by atoms with van der Waals surface area (Å²) in [4.78, 5) is 24.3. The van der Waals surface area contributed by atoms with Gasteiger partial charge >= 0.3 is 5.97 Å². The van der Waals surface area contributed by atoms with Crippen LogP contribution in [-0.2, 0) is 14.3 Å². The number of hydrogen-bond donors (Lipinski definition) is 2. The summed E-state index contributed by atoms with van der Waals surface area (Å²) in [6.07, 6.45) is 10.5. The van der Waals surface area contributed by atoms with E-state index in [9.17, 15) is 19.8 Å². The van der Waals surface area contributed by atoms with Gasteiger partial charge in [-0.05, 0) is 82.1 Å². The molecule has 0 saturated heterocycles. The van der Waals surface area contributed by atoms with Gasteiger partial charge in [0.1, 0.15) is 12.2 Å². The first-order valence-electron chi connectivity index (χ1n) is 12.3. The van der Waals surface area contributed by atoms with Gasteiger partial charge in [0, 0.05) is 18.8 Å². The van der Waals surface area contributed by atoms with Crippen LogP contribution in [0.25, 0.3) is 0 Å². The molecule has 2 saturated carbocycles. The molecular formula is C27H38O5. The van der Waals surface area contributed by atoms with Gasteiger partial charge in [-0.2, -0.15) is 0 Å². The van der Waals surface area contributed by atoms with Crippen LogP contribution in [0.4, 0.5) is 0 Å². The van der Waals surface area contributed by atoms with Gasteiger partial charge in [-0.15, -0.1) is 0 Å². The highest BCUT2D eigenvalue weighted by molar-refractivity contribution is 5.93. The number of carbonyl (C=O) groups is 2. The molecule has 2 N–H and O–H groups in total. The fourth-order valence-electron chi connectivity index (χ4n) is 7.14. The van der Waals surface area contributed by atoms with E-state index in [-0.39, 0.29) is 23.1 Å². The van der Waals surface area contributed by atoms with Crippen molar-refractivity contribution in [2.75, 3.05) is 0 Å². The van der Waals surface area contributed by atoms with Crippen molar-refractivity contribution in [3.8, 4) is 0 Å². The summed E-state index contributed by atoms with van der Waals surface area (Å²) in [5.74, 6) is 0.768. The van der Waals surface area contributed by atoms with Crippen molar-refractivity contribution in [2.45, 2.75) is 91.0 Å². The Hall–Kier alpha value is -1.72. The summed E-state index contributed by atoms with van der Waals surface area (Å²) in [5.41, 5.74) is 3.89. The van der Waals surface area contributed by atoms with Crippen LogP contribution in [0.3, 0.4) is 0 Å². The second-order valence-corrected chi connectivity index (χ2v) is 10.8. The van der Waals surface area contributed by atoms with Crippen LogP contribution in [-0.4, -0.2) is 40.3 Å². The first kappa shape index (κ1) is 23.4. The number of aliphatic hydroxyl groups is 2. The number of hydrogen-bond acceptors (Lipinski definition) is 5. The van der Waals surface area contributed by atoms with Gasteiger partial charge < -0.3 is 14.9 Å². The van der Waals surface area contributed by atoms with E-state index >= 15 is 0 Å². The van der Waals surface area contributed by atoms with E-state index < -0.39 is 18.3 Å². The van der Waals surface area contributed by atoms with Crippen molar-refractivity contribution in [2.24, 2.45) is 29.1 Å². The van der Waals surface area contributed by atoms with E-state index in [1.807, 2.05) is 12.2 Å². The van der Waals surface area contributed by atoms with Crippen LogP contribution in [0.5, 0.6) is 0 Å². The molecule has 0 aliphatic heterocycles. The molecule has 0 radical (unpaired) electrons. The molecule has 5 nitrogen and oxygen atoms in total. The third-order valence-corrected chi connectivity index (χ3v) is 8.78. The van der Waals surface area contributed by atoms with Crippen LogP contribution < -0.4 is 0 Å². The Morgan fingerprint density at radius 2 is 2.03 bits per heavy atom. The number of ketones is 1. The molecule has 176 valence electrons. The summed E-state index contributed by atoms with van der Waals surface area (Å²) < 4.78 is 5.16. The Labute approximate surface area is 191 Å². The Morgan fingerprint density at radius 1 is 1.28 bits per heavy atom. The highest BCUT2D eigenvalue weighted by atomic mass is 16.6. The zero-order valence-corrected chi connectivity index (χ0v) is 19.8. The molecule has 2 fully saturated rings. The number of ether oxygens (including phenoxy) is 1. The zero-order chi connectivity index (χ0) is 23.2. The highest BCUT2D eigenvalue weighted by Crippen LogP contribution is 2.62. The lowest BCUT2D eigenvalue weighted by molar-refractivity contribution is -0.149. The van der Waals surface area contributed by atoms with Crippen LogP contribution >= 0.6 is 0 Å². The van der Waals surface area contributed by atoms with Crippen molar-refractivity contribution in [3.05, 3.63) is 34.9 Å². The van der Waals surface area contributed by atoms with Crippen molar-refractivity contribution in [1.29, 1.82) is 0 Å². The minimum absolute atomic E-state index is 0.0577. The lowest BCUT2D eigenvalue weighted by Crippen LogP contribution is -2.38. The largest absolute Gasteiger partial charge is 0.460 e. The number of aliphatic hydroxyl groups excluding tert-OH is 2. The van der Waals surface area contributed by atoms with Gasteiger partial charge in [-0.25, -0.2) is 0 Å². The molecule has 4 rings (SSSR count). The van der Waals surface area contributed by atoms with Crippen LogP contribution in [0.15, 0.2) is 34.9 Å². The van der Waals surface area contributed by atoms with Crippen LogP contribution in [0.1, 0.15) is 72.6 Å². The smallest absolute Gasteiger partial charge is 0.302 e. The molecule has 32 heavy (non-hydrogen) atoms. The average Bonchev–Trinajstić information content (AvgIpc) is 2.86. The molecule has 0 aromatic carbocycles. The maximum Gasteiger partial charge on any atom is 0.302 e. The van der Waals surface area contributed by atoms with E-state index in [1.54, 1.807) is 6.92 Å². The van der Waals surface area contributed by atoms with Gasteiger partial charge in [-0.1, -0.05) is 35.8 Å². The van der Waals surface area contributed by atoms with Crippen molar-refractivity contribution in [3.63, 3.8) is 0 Å². The predicted molar refractivity (Wildman–Crippen MR) is 123 cm³/mol. The molecule has 4 aliphatic carbocycles. The Morgan fingerprint density at radius 3 is 2.75 bits per heavy atom. The Bertz CT molecular complexity index is 867. The lowest BCUT2D eigenvalue weighted by Gasteiger charge is -2.46. The quantitative estimate of drug-likeness (QED) is 0.501. The summed E-state index contributed by atoms with van der Waals surface area (Å²) in [6.45, 7) is 7.52. The molecule has 5 heteroatoms. The van der Waals surface area contributed by atoms with E-state index in [0.717, 1.165) is 37.7 Å². The molecule has 0 aromatic rings. The molecule has 8 atom stereocenters. The second-order valence-electron chi connectivity index (χ2n) is 10.8. The summed E-state index contributed by atoms with van der Waals surface area (Å²) in [5, 5.41) is 20.8. The Kier molecular flexibility index (Phi) is 6.52. The van der Waals surface area contributed by atoms with Gasteiger partial charge in [-0.3, -0.25) is 9.59 Å². The molecule has 4 aliphatic rings. The van der Waals surface area contributed by atoms with E-state index in [1.165, 1.54) is 18.1 Å². The molecule has 2 bridgehead atoms. The van der Waals surface area contributed by atoms with Crippen LogP contribution in [0, 0.1) is 29.1 Å². The maximum atomic E-state index is 13.1. The maximum absolute atomic E-state index is 13.1. The fourth-order valence-corrected chi connectivity index (χ4v) is 7.14. The van der Waals surface area contributed by atoms with Gasteiger partial charge in [0.2, 0.25) is 0 Å². The van der Waals surface area contributed by atoms with Crippen molar-refractivity contribution < 1.29 is 24.5 Å². The molecule has 2 unspecified atom stereocenters. The monoisotopic (exact) mass is 442 g/mol. The van der Waals surface area contributed by atoms with Gasteiger partial charge in [0.15, 0.2) is 5.78 Å². The van der Waals surface area contributed by atoms with E-state index in [4.69, 9.17) is 4.74 Å². The summed E-state index contributed by atoms with van der Waals surface area (Å²) in [6, 6.07) is 0. The number of allylic oxidation sites excluding steroid dienone is 4. The molecule has 0 aromatic heterocycles. The second kappa shape index (κ2) is 8.90. The van der Waals surface area contributed by atoms with Crippen molar-refractivity contribution >= 4 is 11.8 Å². The number of carbonyl (C=O) groups excluding carboxylic acids is 2. The third-order valence-electron chi connectivity index (χ3n) is 8.78. The standard InChI is InChI=1S/C27H38O5/c1-15(11-25(30)16(2)32-17(3)28)23-7-8-24-22-14-26(31)19-12-18(5-6-20(29)13-19)21(22)9-10-27(23,24)4/h5,11,14,16,19-21,23-25,29-30H,6-10,12-13H2,1-4H3/b15-11+/t16?,19-,20-,21+,23+,24-,25?,27+/m0/s1. The summed E-state index contributed by atoms with van der Waals surface area (Å²) in [7, 11) is 0. The SMILES string of the molecule is CC(=O)OC(C)C(O)/C=C(\C)[C@H]1CC[C@H]2C3=CC(=O)[C@H]4CC(=CC[C@H](O)C4)[C@H]3CC[C@]12C. The zero-order valence-electron chi connectivity index (χ0n) is 19.8. The average molecular weight is 443 g/mol. The first-order chi connectivity index (χ1) is 15.1. The van der Waals surface area contributed by atoms with E-state index in [2.05, 4.69) is 19.9 Å². The predicted octanol–water partition coefficient (Wildman–Crippen LogP) is 4.28. The number of esters is 1. The number of rotatable bonds is 4. The highest BCUT2D eigenvalue weighted by Gasteiger charge is 2.53. The fraction of sp³-hybridized carbons (Fsp3) is 0.704. The minimum atomic E-state index is -0.823. The summed E-state index contributed by atoms with van der Waals surface area (Å²) >= 11 is 0. The molecule has 0 heterocycles. The Balaban J connectivity index is 1.59. The normalized spacial score (nSPS) is 39.0. The number of fused-ring (bicyclic) bond motifs is 6. The van der Waals surface area contributed by atoms with Gasteiger partial charge in [0.25, 0.3) is 0 Å².